The van der Waals surface area contributed by atoms with Crippen LogP contribution in [0.3, 0.4) is 0 Å². The van der Waals surface area contributed by atoms with Crippen LogP contribution in [0.25, 0.3) is 6.08 Å². The summed E-state index contributed by atoms with van der Waals surface area (Å²) in [5.41, 5.74) is 1.65. The normalized spacial score (nSPS) is 14.1. The number of nitrogens with zero attached hydrogens (tertiary/aromatic N) is 1. The summed E-state index contributed by atoms with van der Waals surface area (Å²) in [6.07, 6.45) is 1.59. The SMILES string of the molecule is CCOc1ccccc1NC(=O)COc1ccc(/C=C2/SC(=O)N(Cc3c(Cl)cccc3Cl)C2=O)cc1OC. The van der Waals surface area contributed by atoms with Gasteiger partial charge in [-0.15, -0.1) is 0 Å². The molecular weight excluding hydrogens is 563 g/mol. The molecule has 1 heterocycles. The van der Waals surface area contributed by atoms with E-state index >= 15 is 0 Å². The molecule has 1 aliphatic rings. The molecule has 0 spiro atoms. The molecule has 0 bridgehead atoms. The van der Waals surface area contributed by atoms with Crippen LogP contribution in [0.2, 0.25) is 10.0 Å². The first kappa shape index (κ1) is 28.4. The summed E-state index contributed by atoms with van der Waals surface area (Å²) in [6, 6.07) is 17.1. The Bertz CT molecular complexity index is 1430. The van der Waals surface area contributed by atoms with Crippen LogP contribution in [0, 0.1) is 0 Å². The van der Waals surface area contributed by atoms with Crippen LogP contribution in [0.1, 0.15) is 18.1 Å². The Morgan fingerprint density at radius 2 is 1.72 bits per heavy atom. The smallest absolute Gasteiger partial charge is 0.293 e. The number of thioether (sulfide) groups is 1. The zero-order valence-corrected chi connectivity index (χ0v) is 23.4. The summed E-state index contributed by atoms with van der Waals surface area (Å²) in [4.78, 5) is 39.4. The molecule has 8 nitrogen and oxygen atoms in total. The van der Waals surface area contributed by atoms with Crippen molar-refractivity contribution >= 4 is 63.8 Å². The molecule has 1 aliphatic heterocycles. The van der Waals surface area contributed by atoms with Gasteiger partial charge in [0.2, 0.25) is 0 Å². The van der Waals surface area contributed by atoms with Crippen molar-refractivity contribution < 1.29 is 28.6 Å². The number of methoxy groups -OCH3 is 1. The van der Waals surface area contributed by atoms with Crippen LogP contribution >= 0.6 is 35.0 Å². The number of anilines is 1. The predicted octanol–water partition coefficient (Wildman–Crippen LogP) is 6.65. The number of hydrogen-bond acceptors (Lipinski definition) is 7. The number of para-hydroxylation sites is 2. The zero-order valence-electron chi connectivity index (χ0n) is 21.0. The molecule has 0 aromatic heterocycles. The maximum Gasteiger partial charge on any atom is 0.293 e. The highest BCUT2D eigenvalue weighted by Gasteiger charge is 2.35. The number of benzene rings is 3. The third kappa shape index (κ3) is 6.86. The second kappa shape index (κ2) is 12.9. The van der Waals surface area contributed by atoms with Crippen LogP contribution < -0.4 is 19.5 Å². The minimum absolute atomic E-state index is 0.0340. The molecule has 0 unspecified atom stereocenters. The van der Waals surface area contributed by atoms with Crippen LogP contribution in [0.4, 0.5) is 10.5 Å². The summed E-state index contributed by atoms with van der Waals surface area (Å²) in [6.45, 7) is 2.03. The summed E-state index contributed by atoms with van der Waals surface area (Å²) in [5, 5.41) is 3.09. The summed E-state index contributed by atoms with van der Waals surface area (Å²) >= 11 is 13.2. The van der Waals surface area contributed by atoms with Crippen molar-refractivity contribution in [1.82, 2.24) is 4.90 Å². The zero-order chi connectivity index (χ0) is 27.9. The third-order valence-electron chi connectivity index (χ3n) is 5.56. The lowest BCUT2D eigenvalue weighted by molar-refractivity contribution is -0.123. The van der Waals surface area contributed by atoms with Crippen molar-refractivity contribution in [2.45, 2.75) is 13.5 Å². The Kier molecular flexibility index (Phi) is 9.40. The van der Waals surface area contributed by atoms with Gasteiger partial charge < -0.3 is 19.5 Å². The molecule has 4 rings (SSSR count). The van der Waals surface area contributed by atoms with E-state index in [1.54, 1.807) is 60.7 Å². The van der Waals surface area contributed by atoms with Gasteiger partial charge in [-0.05, 0) is 66.7 Å². The van der Waals surface area contributed by atoms with E-state index in [4.69, 9.17) is 37.4 Å². The number of amides is 3. The van der Waals surface area contributed by atoms with Crippen molar-refractivity contribution in [3.05, 3.63) is 86.7 Å². The van der Waals surface area contributed by atoms with Crippen molar-refractivity contribution in [2.24, 2.45) is 0 Å². The van der Waals surface area contributed by atoms with E-state index in [1.807, 2.05) is 13.0 Å². The van der Waals surface area contributed by atoms with Crippen LogP contribution in [-0.4, -0.2) is 42.3 Å². The Balaban J connectivity index is 1.43. The number of carbonyl (C=O) groups excluding carboxylic acids is 3. The summed E-state index contributed by atoms with van der Waals surface area (Å²) < 4.78 is 16.6. The van der Waals surface area contributed by atoms with Crippen LogP contribution in [0.5, 0.6) is 17.2 Å². The molecule has 11 heteroatoms. The average molecular weight is 587 g/mol. The van der Waals surface area contributed by atoms with Crippen molar-refractivity contribution in [2.75, 3.05) is 25.6 Å². The number of hydrogen-bond donors (Lipinski definition) is 1. The van der Waals surface area contributed by atoms with Gasteiger partial charge in [0, 0.05) is 15.6 Å². The second-order valence-corrected chi connectivity index (χ2v) is 9.95. The van der Waals surface area contributed by atoms with Gasteiger partial charge in [0.15, 0.2) is 18.1 Å². The lowest BCUT2D eigenvalue weighted by atomic mass is 10.1. The standard InChI is InChI=1S/C28H24Cl2N2O6S/c1-3-37-22-10-5-4-9-21(22)31-26(33)16-38-23-12-11-17(13-24(23)36-2)14-25-27(34)32(28(35)39-25)15-18-19(29)7-6-8-20(18)30/h4-14H,3,15-16H2,1-2H3,(H,31,33)/b25-14+. The van der Waals surface area contributed by atoms with E-state index in [9.17, 15) is 14.4 Å². The van der Waals surface area contributed by atoms with E-state index in [2.05, 4.69) is 5.32 Å². The summed E-state index contributed by atoms with van der Waals surface area (Å²) in [5.74, 6) is 0.428. The largest absolute Gasteiger partial charge is 0.493 e. The average Bonchev–Trinajstić information content (AvgIpc) is 3.18. The first-order valence-corrected chi connectivity index (χ1v) is 13.4. The van der Waals surface area contributed by atoms with Crippen molar-refractivity contribution in [3.8, 4) is 17.2 Å². The lowest BCUT2D eigenvalue weighted by Gasteiger charge is -2.14. The van der Waals surface area contributed by atoms with Gasteiger partial charge in [0.05, 0.1) is 30.9 Å². The fraction of sp³-hybridized carbons (Fsp3) is 0.179. The third-order valence-corrected chi connectivity index (χ3v) is 7.17. The minimum atomic E-state index is -0.454. The molecule has 1 saturated heterocycles. The van der Waals surface area contributed by atoms with E-state index < -0.39 is 11.1 Å². The molecule has 1 fully saturated rings. The van der Waals surface area contributed by atoms with Crippen LogP contribution in [-0.2, 0) is 16.1 Å². The molecule has 0 aliphatic carbocycles. The van der Waals surface area contributed by atoms with Crippen LogP contribution in [0.15, 0.2) is 65.6 Å². The van der Waals surface area contributed by atoms with Gasteiger partial charge in [0.1, 0.15) is 5.75 Å². The first-order chi connectivity index (χ1) is 18.8. The Hall–Kier alpha value is -3.66. The molecule has 3 aromatic rings. The topological polar surface area (TPSA) is 94.2 Å². The highest BCUT2D eigenvalue weighted by molar-refractivity contribution is 8.18. The maximum absolute atomic E-state index is 13.0. The Morgan fingerprint density at radius 3 is 2.44 bits per heavy atom. The van der Waals surface area contributed by atoms with Gasteiger partial charge >= 0.3 is 0 Å². The molecule has 1 N–H and O–H groups in total. The minimum Gasteiger partial charge on any atom is -0.493 e. The highest BCUT2D eigenvalue weighted by atomic mass is 35.5. The molecule has 0 saturated carbocycles. The van der Waals surface area contributed by atoms with E-state index in [0.717, 1.165) is 16.7 Å². The van der Waals surface area contributed by atoms with Gasteiger partial charge in [-0.1, -0.05) is 47.5 Å². The molecule has 0 radical (unpaired) electrons. The highest BCUT2D eigenvalue weighted by Crippen LogP contribution is 2.37. The first-order valence-electron chi connectivity index (χ1n) is 11.8. The number of ether oxygens (including phenoxy) is 3. The molecular formula is C28H24Cl2N2O6S. The monoisotopic (exact) mass is 586 g/mol. The molecule has 39 heavy (non-hydrogen) atoms. The second-order valence-electron chi connectivity index (χ2n) is 8.14. The number of imide groups is 1. The van der Waals surface area contributed by atoms with E-state index in [0.29, 0.717) is 50.7 Å². The Labute approximate surface area is 239 Å². The number of nitrogens with one attached hydrogen (secondary N) is 1. The fourth-order valence-corrected chi connectivity index (χ4v) is 5.06. The van der Waals surface area contributed by atoms with Gasteiger partial charge in [-0.25, -0.2) is 0 Å². The van der Waals surface area contributed by atoms with Crippen molar-refractivity contribution in [1.29, 1.82) is 0 Å². The van der Waals surface area contributed by atoms with E-state index in [-0.39, 0.29) is 24.0 Å². The van der Waals surface area contributed by atoms with Gasteiger partial charge in [-0.2, -0.15) is 0 Å². The van der Waals surface area contributed by atoms with Crippen molar-refractivity contribution in [3.63, 3.8) is 0 Å². The lowest BCUT2D eigenvalue weighted by Crippen LogP contribution is -2.27. The molecule has 3 aromatic carbocycles. The number of halogens is 2. The molecule has 202 valence electrons. The fourth-order valence-electron chi connectivity index (χ4n) is 3.70. The molecule has 0 atom stereocenters. The van der Waals surface area contributed by atoms with Gasteiger partial charge in [-0.3, -0.25) is 19.3 Å². The quantitative estimate of drug-likeness (QED) is 0.265. The summed E-state index contributed by atoms with van der Waals surface area (Å²) in [7, 11) is 1.46. The number of rotatable bonds is 10. The maximum atomic E-state index is 13.0. The molecule has 3 amide bonds. The predicted molar refractivity (Wildman–Crippen MR) is 153 cm³/mol. The number of carbonyl (C=O) groups is 3. The van der Waals surface area contributed by atoms with E-state index in [1.165, 1.54) is 7.11 Å². The van der Waals surface area contributed by atoms with Gasteiger partial charge in [0.25, 0.3) is 17.1 Å². The Morgan fingerprint density at radius 1 is 0.974 bits per heavy atom.